The third-order valence-electron chi connectivity index (χ3n) is 6.03. The Morgan fingerprint density at radius 2 is 1.83 bits per heavy atom. The lowest BCUT2D eigenvalue weighted by Gasteiger charge is -2.23. The number of pyridine rings is 1. The van der Waals surface area contributed by atoms with Crippen molar-refractivity contribution in [2.24, 2.45) is 0 Å². The van der Waals surface area contributed by atoms with Gasteiger partial charge >= 0.3 is 5.97 Å². The second kappa shape index (κ2) is 6.41. The minimum Gasteiger partial charge on any atom is -0.477 e. The minimum absolute atomic E-state index is 0.0893. The van der Waals surface area contributed by atoms with Gasteiger partial charge in [-0.25, -0.2) is 4.79 Å². The number of aromatic nitrogens is 1. The van der Waals surface area contributed by atoms with E-state index in [0.29, 0.717) is 29.9 Å². The number of nitro groups is 1. The summed E-state index contributed by atoms with van der Waals surface area (Å²) in [6.07, 6.45) is 3.17. The van der Waals surface area contributed by atoms with Crippen molar-refractivity contribution in [1.82, 2.24) is 4.57 Å². The first-order valence-electron chi connectivity index (χ1n) is 9.78. The maximum atomic E-state index is 12.9. The zero-order chi connectivity index (χ0) is 21.2. The molecule has 0 saturated heterocycles. The molecule has 2 aromatic carbocycles. The third-order valence-corrected chi connectivity index (χ3v) is 6.03. The quantitative estimate of drug-likeness (QED) is 0.523. The fraction of sp³-hybridized carbons (Fsp3) is 0.273. The number of carboxylic acid groups (broad SMARTS) is 1. The minimum atomic E-state index is -1.32. The van der Waals surface area contributed by atoms with Gasteiger partial charge in [0.05, 0.1) is 15.8 Å². The van der Waals surface area contributed by atoms with Gasteiger partial charge in [-0.3, -0.25) is 14.9 Å². The van der Waals surface area contributed by atoms with Crippen molar-refractivity contribution in [1.29, 1.82) is 0 Å². The number of benzene rings is 2. The molecule has 3 aromatic rings. The molecule has 1 saturated carbocycles. The number of nitrogens with zero attached hydrogens (tertiary/aromatic N) is 3. The molecule has 8 heteroatoms. The van der Waals surface area contributed by atoms with Crippen LogP contribution in [0.25, 0.3) is 10.9 Å². The first-order chi connectivity index (χ1) is 14.4. The van der Waals surface area contributed by atoms with E-state index >= 15 is 0 Å². The molecule has 2 heterocycles. The molecule has 1 aliphatic carbocycles. The smallest absolute Gasteiger partial charge is 0.341 e. The summed E-state index contributed by atoms with van der Waals surface area (Å²) < 4.78 is 1.83. The Morgan fingerprint density at radius 1 is 1.20 bits per heavy atom. The lowest BCUT2D eigenvalue weighted by atomic mass is 10.0. The summed E-state index contributed by atoms with van der Waals surface area (Å²) in [7, 11) is 0. The molecule has 0 radical (unpaired) electrons. The molecule has 0 atom stereocenters. The molecule has 0 unspecified atom stereocenters. The first-order valence-corrected chi connectivity index (χ1v) is 9.78. The number of nitro benzene ring substituents is 1. The van der Waals surface area contributed by atoms with Gasteiger partial charge in [0, 0.05) is 37.0 Å². The molecule has 1 fully saturated rings. The number of aromatic carboxylic acids is 1. The first kappa shape index (κ1) is 18.4. The number of carboxylic acids is 1. The van der Waals surface area contributed by atoms with Crippen LogP contribution in [0.4, 0.5) is 11.4 Å². The van der Waals surface area contributed by atoms with Crippen molar-refractivity contribution in [2.75, 3.05) is 4.90 Å². The van der Waals surface area contributed by atoms with Crippen molar-refractivity contribution < 1.29 is 14.8 Å². The van der Waals surface area contributed by atoms with Crippen LogP contribution in [-0.4, -0.2) is 20.6 Å². The lowest BCUT2D eigenvalue weighted by Crippen LogP contribution is -2.22. The Bertz CT molecular complexity index is 1280. The van der Waals surface area contributed by atoms with Gasteiger partial charge < -0.3 is 14.6 Å². The molecule has 1 aliphatic heterocycles. The highest BCUT2D eigenvalue weighted by Crippen LogP contribution is 2.43. The Hall–Kier alpha value is -3.68. The Kier molecular flexibility index (Phi) is 3.92. The van der Waals surface area contributed by atoms with Crippen molar-refractivity contribution in [3.8, 4) is 0 Å². The summed E-state index contributed by atoms with van der Waals surface area (Å²) in [6.45, 7) is 2.88. The second-order valence-electron chi connectivity index (χ2n) is 7.96. The normalized spacial score (nSPS) is 15.4. The molecule has 1 aromatic heterocycles. The average Bonchev–Trinajstić information content (AvgIpc) is 3.46. The van der Waals surface area contributed by atoms with Gasteiger partial charge in [-0.2, -0.15) is 0 Å². The molecule has 0 amide bonds. The van der Waals surface area contributed by atoms with Crippen LogP contribution in [-0.2, 0) is 13.1 Å². The molecule has 2 aliphatic rings. The van der Waals surface area contributed by atoms with E-state index in [4.69, 9.17) is 0 Å². The maximum absolute atomic E-state index is 12.9. The van der Waals surface area contributed by atoms with Crippen LogP contribution < -0.4 is 10.3 Å². The van der Waals surface area contributed by atoms with Gasteiger partial charge in [-0.05, 0) is 30.9 Å². The van der Waals surface area contributed by atoms with Crippen LogP contribution in [0, 0.1) is 17.0 Å². The van der Waals surface area contributed by atoms with Crippen LogP contribution in [0.15, 0.2) is 41.3 Å². The maximum Gasteiger partial charge on any atom is 0.341 e. The molecular formula is C22H19N3O5. The van der Waals surface area contributed by atoms with Gasteiger partial charge in [0.2, 0.25) is 5.43 Å². The Labute approximate surface area is 171 Å². The van der Waals surface area contributed by atoms with Gasteiger partial charge in [-0.1, -0.05) is 24.3 Å². The van der Waals surface area contributed by atoms with Gasteiger partial charge in [-0.15, -0.1) is 0 Å². The number of rotatable bonds is 4. The fourth-order valence-corrected chi connectivity index (χ4v) is 4.52. The van der Waals surface area contributed by atoms with E-state index in [9.17, 15) is 24.8 Å². The molecular weight excluding hydrogens is 386 g/mol. The summed E-state index contributed by atoms with van der Waals surface area (Å²) in [5, 5.41) is 21.5. The lowest BCUT2D eigenvalue weighted by molar-refractivity contribution is -0.384. The summed E-state index contributed by atoms with van der Waals surface area (Å²) in [5.74, 6) is -1.32. The molecule has 0 spiro atoms. The average molecular weight is 405 g/mol. The van der Waals surface area contributed by atoms with E-state index in [1.54, 1.807) is 6.92 Å². The summed E-state index contributed by atoms with van der Waals surface area (Å²) in [5.41, 5.74) is 2.73. The van der Waals surface area contributed by atoms with Gasteiger partial charge in [0.15, 0.2) is 0 Å². The van der Waals surface area contributed by atoms with Gasteiger partial charge in [0.25, 0.3) is 5.69 Å². The van der Waals surface area contributed by atoms with E-state index in [-0.39, 0.29) is 22.7 Å². The van der Waals surface area contributed by atoms with Crippen molar-refractivity contribution in [2.45, 2.75) is 38.9 Å². The molecule has 152 valence electrons. The number of hydrogen-bond acceptors (Lipinski definition) is 5. The van der Waals surface area contributed by atoms with Crippen LogP contribution >= 0.6 is 0 Å². The predicted molar refractivity (Wildman–Crippen MR) is 111 cm³/mol. The van der Waals surface area contributed by atoms with Crippen LogP contribution in [0.2, 0.25) is 0 Å². The Balaban J connectivity index is 1.81. The highest BCUT2D eigenvalue weighted by molar-refractivity contribution is 5.97. The zero-order valence-corrected chi connectivity index (χ0v) is 16.3. The van der Waals surface area contributed by atoms with Crippen molar-refractivity contribution in [3.05, 3.63) is 79.1 Å². The van der Waals surface area contributed by atoms with Crippen molar-refractivity contribution >= 4 is 28.2 Å². The van der Waals surface area contributed by atoms with Crippen LogP contribution in [0.5, 0.6) is 0 Å². The third kappa shape index (κ3) is 2.67. The number of carbonyl (C=O) groups is 1. The molecule has 8 nitrogen and oxygen atoms in total. The van der Waals surface area contributed by atoms with Crippen LogP contribution in [0.1, 0.15) is 45.9 Å². The SMILES string of the molecule is Cc1c(N2Cc3ccccc3C2)c([N+](=O)[O-])cc2c(=O)c(C(=O)O)cn(C3CC3)c12. The van der Waals surface area contributed by atoms with E-state index in [2.05, 4.69) is 0 Å². The second-order valence-corrected chi connectivity index (χ2v) is 7.96. The van der Waals surface area contributed by atoms with Crippen LogP contribution in [0.3, 0.4) is 0 Å². The number of anilines is 1. The molecule has 30 heavy (non-hydrogen) atoms. The fourth-order valence-electron chi connectivity index (χ4n) is 4.52. The topological polar surface area (TPSA) is 106 Å². The highest BCUT2D eigenvalue weighted by Gasteiger charge is 2.33. The van der Waals surface area contributed by atoms with E-state index in [1.165, 1.54) is 12.3 Å². The summed E-state index contributed by atoms with van der Waals surface area (Å²) in [6, 6.07) is 9.28. The summed E-state index contributed by atoms with van der Waals surface area (Å²) >= 11 is 0. The monoisotopic (exact) mass is 405 g/mol. The van der Waals surface area contributed by atoms with Gasteiger partial charge in [0.1, 0.15) is 11.3 Å². The Morgan fingerprint density at radius 3 is 2.37 bits per heavy atom. The van der Waals surface area contributed by atoms with Crippen molar-refractivity contribution in [3.63, 3.8) is 0 Å². The summed E-state index contributed by atoms with van der Waals surface area (Å²) in [4.78, 5) is 37.9. The molecule has 5 rings (SSSR count). The zero-order valence-electron chi connectivity index (χ0n) is 16.3. The van der Waals surface area contributed by atoms with E-state index in [1.807, 2.05) is 33.7 Å². The number of hydrogen-bond donors (Lipinski definition) is 1. The largest absolute Gasteiger partial charge is 0.477 e. The van der Waals surface area contributed by atoms with E-state index < -0.39 is 16.3 Å². The predicted octanol–water partition coefficient (Wildman–Crippen LogP) is 3.77. The number of aryl methyl sites for hydroxylation is 1. The number of fused-ring (bicyclic) bond motifs is 2. The molecule has 1 N–H and O–H groups in total. The van der Waals surface area contributed by atoms with E-state index in [0.717, 1.165) is 24.0 Å². The highest BCUT2D eigenvalue weighted by atomic mass is 16.6. The molecule has 0 bridgehead atoms. The standard InChI is InChI=1S/C22H19N3O5/c1-12-19-16(21(26)17(22(27)28)11-24(19)15-6-7-15)8-18(25(29)30)20(12)23-9-13-4-2-3-5-14(13)10-23/h2-5,8,11,15H,6-7,9-10H2,1H3,(H,27,28).